The zero-order valence-electron chi connectivity index (χ0n) is 10.4. The van der Waals surface area contributed by atoms with Crippen molar-refractivity contribution in [2.24, 2.45) is 5.73 Å². The smallest absolute Gasteiger partial charge is 0.414 e. The third-order valence-corrected chi connectivity index (χ3v) is 2.96. The number of primary amides is 1. The number of nitrogens with zero attached hydrogens (tertiary/aromatic N) is 2. The van der Waals surface area contributed by atoms with Crippen molar-refractivity contribution >= 4 is 12.0 Å². The highest BCUT2D eigenvalue weighted by atomic mass is 16.6. The molecule has 0 aromatic carbocycles. The van der Waals surface area contributed by atoms with Gasteiger partial charge < -0.3 is 15.0 Å². The first-order valence-corrected chi connectivity index (χ1v) is 5.92. The van der Waals surface area contributed by atoms with E-state index < -0.39 is 12.0 Å². The lowest BCUT2D eigenvalue weighted by Crippen LogP contribution is -2.24. The average Bonchev–Trinajstić information content (AvgIpc) is 3.10. The number of carbonyl (C=O) groups is 2. The highest BCUT2D eigenvalue weighted by Crippen LogP contribution is 2.26. The maximum absolute atomic E-state index is 11.8. The van der Waals surface area contributed by atoms with Crippen LogP contribution in [0.1, 0.15) is 16.2 Å². The van der Waals surface area contributed by atoms with Gasteiger partial charge in [-0.15, -0.1) is 0 Å². The van der Waals surface area contributed by atoms with Crippen molar-refractivity contribution < 1.29 is 18.8 Å². The van der Waals surface area contributed by atoms with Crippen molar-refractivity contribution in [3.63, 3.8) is 0 Å². The van der Waals surface area contributed by atoms with Gasteiger partial charge in [-0.3, -0.25) is 9.69 Å². The van der Waals surface area contributed by atoms with Crippen LogP contribution in [0.4, 0.5) is 4.79 Å². The van der Waals surface area contributed by atoms with E-state index in [2.05, 4.69) is 5.16 Å². The van der Waals surface area contributed by atoms with E-state index in [1.807, 2.05) is 18.2 Å². The molecule has 0 atom stereocenters. The van der Waals surface area contributed by atoms with E-state index in [0.717, 1.165) is 11.1 Å². The minimum atomic E-state index is -0.692. The highest BCUT2D eigenvalue weighted by molar-refractivity contribution is 5.90. The second-order valence-electron chi connectivity index (χ2n) is 4.36. The second kappa shape index (κ2) is 4.69. The molecule has 0 saturated heterocycles. The van der Waals surface area contributed by atoms with E-state index in [0.29, 0.717) is 6.54 Å². The maximum Gasteiger partial charge on any atom is 0.414 e. The van der Waals surface area contributed by atoms with Crippen LogP contribution < -0.4 is 5.73 Å². The van der Waals surface area contributed by atoms with Crippen LogP contribution in [0.5, 0.6) is 0 Å². The standard InChI is InChI=1S/C13H11N3O4/c14-12(17)11-4-10(20-15-11)7-19-13(18)16-5-8-2-1-3-9(8)6-16/h1-5H,6-7H2,(H2,14,17). The van der Waals surface area contributed by atoms with Crippen LogP contribution in [0.25, 0.3) is 0 Å². The van der Waals surface area contributed by atoms with Crippen molar-refractivity contribution in [1.82, 2.24) is 10.1 Å². The number of amides is 2. The molecule has 0 bridgehead atoms. The maximum atomic E-state index is 11.8. The summed E-state index contributed by atoms with van der Waals surface area (Å²) in [6.45, 7) is 0.387. The highest BCUT2D eigenvalue weighted by Gasteiger charge is 2.24. The summed E-state index contributed by atoms with van der Waals surface area (Å²) >= 11 is 0. The SMILES string of the molecule is NC(=O)c1cc(COC(=O)N2C=C3C=CC=C3C2)on1. The Balaban J connectivity index is 1.57. The summed E-state index contributed by atoms with van der Waals surface area (Å²) in [6.07, 6.45) is 7.06. The van der Waals surface area contributed by atoms with Crippen LogP contribution in [0.3, 0.4) is 0 Å². The predicted octanol–water partition coefficient (Wildman–Crippen LogP) is 1.11. The summed E-state index contributed by atoms with van der Waals surface area (Å²) in [7, 11) is 0. The number of ether oxygens (including phenoxy) is 1. The molecule has 0 fully saturated rings. The van der Waals surface area contributed by atoms with E-state index in [1.165, 1.54) is 11.0 Å². The van der Waals surface area contributed by atoms with Gasteiger partial charge in [0.25, 0.3) is 5.91 Å². The molecule has 102 valence electrons. The number of aromatic nitrogens is 1. The van der Waals surface area contributed by atoms with Gasteiger partial charge in [0, 0.05) is 12.3 Å². The number of nitrogens with two attached hydrogens (primary N) is 1. The number of fused-ring (bicyclic) bond motifs is 1. The van der Waals surface area contributed by atoms with Crippen LogP contribution in [-0.4, -0.2) is 28.6 Å². The molecule has 1 aliphatic heterocycles. The van der Waals surface area contributed by atoms with E-state index >= 15 is 0 Å². The molecule has 1 aliphatic carbocycles. The van der Waals surface area contributed by atoms with Gasteiger partial charge in [0.05, 0.1) is 6.54 Å². The molecular formula is C13H11N3O4. The Hall–Kier alpha value is -2.83. The number of rotatable bonds is 3. The molecular weight excluding hydrogens is 262 g/mol. The lowest BCUT2D eigenvalue weighted by molar-refractivity contribution is 0.0983. The summed E-state index contributed by atoms with van der Waals surface area (Å²) in [5.41, 5.74) is 7.13. The quantitative estimate of drug-likeness (QED) is 0.889. The first-order chi connectivity index (χ1) is 9.63. The lowest BCUT2D eigenvalue weighted by Gasteiger charge is -2.12. The Kier molecular flexibility index (Phi) is 2.86. The van der Waals surface area contributed by atoms with E-state index in [4.69, 9.17) is 15.0 Å². The molecule has 2 aliphatic rings. The Morgan fingerprint density at radius 2 is 2.35 bits per heavy atom. The van der Waals surface area contributed by atoms with Crippen molar-refractivity contribution in [2.75, 3.05) is 6.54 Å². The minimum Gasteiger partial charge on any atom is -0.441 e. The number of carbonyl (C=O) groups excluding carboxylic acids is 2. The number of allylic oxidation sites excluding steroid dienone is 3. The van der Waals surface area contributed by atoms with Crippen LogP contribution in [0.15, 0.2) is 46.2 Å². The molecule has 0 unspecified atom stereocenters. The summed E-state index contributed by atoms with van der Waals surface area (Å²) in [4.78, 5) is 24.1. The molecule has 7 nitrogen and oxygen atoms in total. The van der Waals surface area contributed by atoms with E-state index in [9.17, 15) is 9.59 Å². The Morgan fingerprint density at radius 1 is 1.50 bits per heavy atom. The molecule has 2 amide bonds. The topological polar surface area (TPSA) is 98.7 Å². The van der Waals surface area contributed by atoms with Crippen molar-refractivity contribution in [2.45, 2.75) is 6.61 Å². The fourth-order valence-electron chi connectivity index (χ4n) is 1.97. The lowest BCUT2D eigenvalue weighted by atomic mass is 10.2. The van der Waals surface area contributed by atoms with Gasteiger partial charge >= 0.3 is 6.09 Å². The number of hydrogen-bond acceptors (Lipinski definition) is 5. The Bertz CT molecular complexity index is 669. The molecule has 1 aromatic heterocycles. The third kappa shape index (κ3) is 2.20. The fourth-order valence-corrected chi connectivity index (χ4v) is 1.97. The molecule has 3 rings (SSSR count). The molecule has 0 spiro atoms. The Morgan fingerprint density at radius 3 is 3.05 bits per heavy atom. The number of hydrogen-bond donors (Lipinski definition) is 1. The van der Waals surface area contributed by atoms with Crippen LogP contribution in [0, 0.1) is 0 Å². The van der Waals surface area contributed by atoms with Gasteiger partial charge in [-0.2, -0.15) is 0 Å². The largest absolute Gasteiger partial charge is 0.441 e. The van der Waals surface area contributed by atoms with E-state index in [1.54, 1.807) is 6.20 Å². The normalized spacial score (nSPS) is 15.9. The third-order valence-electron chi connectivity index (χ3n) is 2.96. The predicted molar refractivity (Wildman–Crippen MR) is 67.2 cm³/mol. The average molecular weight is 273 g/mol. The molecule has 2 heterocycles. The van der Waals surface area contributed by atoms with Gasteiger partial charge in [-0.1, -0.05) is 23.4 Å². The van der Waals surface area contributed by atoms with Crippen molar-refractivity contribution in [3.8, 4) is 0 Å². The summed E-state index contributed by atoms with van der Waals surface area (Å²) in [5, 5.41) is 3.45. The molecule has 7 heteroatoms. The summed E-state index contributed by atoms with van der Waals surface area (Å²) in [5.74, 6) is -0.430. The summed E-state index contributed by atoms with van der Waals surface area (Å²) in [6, 6.07) is 1.35. The monoisotopic (exact) mass is 273 g/mol. The molecule has 1 aromatic rings. The van der Waals surface area contributed by atoms with Crippen molar-refractivity contribution in [3.05, 3.63) is 53.1 Å². The molecule has 20 heavy (non-hydrogen) atoms. The van der Waals surface area contributed by atoms with Gasteiger partial charge in [-0.05, 0) is 11.1 Å². The van der Waals surface area contributed by atoms with Crippen LogP contribution >= 0.6 is 0 Å². The fraction of sp³-hybridized carbons (Fsp3) is 0.154. The zero-order valence-corrected chi connectivity index (χ0v) is 10.4. The van der Waals surface area contributed by atoms with E-state index in [-0.39, 0.29) is 18.1 Å². The summed E-state index contributed by atoms with van der Waals surface area (Å²) < 4.78 is 9.90. The van der Waals surface area contributed by atoms with Gasteiger partial charge in [0.1, 0.15) is 0 Å². The first-order valence-electron chi connectivity index (χ1n) is 5.92. The molecule has 0 radical (unpaired) electrons. The van der Waals surface area contributed by atoms with Gasteiger partial charge in [0.15, 0.2) is 18.1 Å². The van der Waals surface area contributed by atoms with Crippen molar-refractivity contribution in [1.29, 1.82) is 0 Å². The second-order valence-corrected chi connectivity index (χ2v) is 4.36. The first kappa shape index (κ1) is 12.2. The molecule has 0 saturated carbocycles. The Labute approximate surface area is 114 Å². The van der Waals surface area contributed by atoms with Crippen LogP contribution in [-0.2, 0) is 11.3 Å². The van der Waals surface area contributed by atoms with Gasteiger partial charge in [0.2, 0.25) is 0 Å². The minimum absolute atomic E-state index is 0.00386. The molecule has 2 N–H and O–H groups in total. The van der Waals surface area contributed by atoms with Gasteiger partial charge in [-0.25, -0.2) is 4.79 Å². The van der Waals surface area contributed by atoms with Crippen LogP contribution in [0.2, 0.25) is 0 Å². The zero-order chi connectivity index (χ0) is 14.1.